The molecule has 33 heavy (non-hydrogen) atoms. The highest BCUT2D eigenvalue weighted by Gasteiger charge is 2.17. The van der Waals surface area contributed by atoms with E-state index in [1.54, 1.807) is 35.6 Å². The van der Waals surface area contributed by atoms with E-state index >= 15 is 0 Å². The molecule has 0 spiro atoms. The van der Waals surface area contributed by atoms with Crippen molar-refractivity contribution >= 4 is 40.7 Å². The molecule has 10 heteroatoms. The first-order valence-corrected chi connectivity index (χ1v) is 11.7. The molecular weight excluding hydrogens is 464 g/mol. The standard InChI is InChI=1S/C23H24N2O6S2/c1-14-24-16(12-32-14)13-33-20-8-6-5-7-17(20)23(27)31-11-21(26)25-15-9-18(28-2)22(30-4)19(10-15)29-3/h5-10,12H,11,13H2,1-4H3,(H,25,26). The lowest BCUT2D eigenvalue weighted by atomic mass is 10.2. The molecule has 2 aromatic carbocycles. The fourth-order valence-electron chi connectivity index (χ4n) is 2.95. The van der Waals surface area contributed by atoms with E-state index < -0.39 is 18.5 Å². The van der Waals surface area contributed by atoms with E-state index in [1.165, 1.54) is 33.1 Å². The number of aromatic nitrogens is 1. The highest BCUT2D eigenvalue weighted by Crippen LogP contribution is 2.39. The first kappa shape index (κ1) is 24.4. The molecule has 0 saturated carbocycles. The summed E-state index contributed by atoms with van der Waals surface area (Å²) in [5, 5.41) is 5.66. The van der Waals surface area contributed by atoms with Crippen molar-refractivity contribution in [2.45, 2.75) is 17.6 Å². The first-order valence-electron chi connectivity index (χ1n) is 9.85. The molecule has 174 valence electrons. The zero-order chi connectivity index (χ0) is 23.8. The number of ether oxygens (including phenoxy) is 4. The highest BCUT2D eigenvalue weighted by atomic mass is 32.2. The zero-order valence-corrected chi connectivity index (χ0v) is 20.3. The number of rotatable bonds is 10. The molecule has 1 aromatic heterocycles. The predicted octanol–water partition coefficient (Wildman–Crippen LogP) is 4.57. The summed E-state index contributed by atoms with van der Waals surface area (Å²) >= 11 is 3.08. The van der Waals surface area contributed by atoms with Crippen molar-refractivity contribution in [2.75, 3.05) is 33.3 Å². The molecule has 1 N–H and O–H groups in total. The van der Waals surface area contributed by atoms with Gasteiger partial charge >= 0.3 is 5.97 Å². The molecule has 1 heterocycles. The summed E-state index contributed by atoms with van der Waals surface area (Å²) in [5.41, 5.74) is 1.77. The van der Waals surface area contributed by atoms with Crippen molar-refractivity contribution in [3.05, 3.63) is 58.0 Å². The first-order chi connectivity index (χ1) is 15.9. The van der Waals surface area contributed by atoms with Crippen LogP contribution in [-0.4, -0.2) is 44.8 Å². The van der Waals surface area contributed by atoms with Gasteiger partial charge in [0, 0.05) is 33.8 Å². The third-order valence-electron chi connectivity index (χ3n) is 4.43. The van der Waals surface area contributed by atoms with Crippen molar-refractivity contribution in [1.29, 1.82) is 0 Å². The number of anilines is 1. The number of nitrogens with zero attached hydrogens (tertiary/aromatic N) is 1. The van der Waals surface area contributed by atoms with Crippen molar-refractivity contribution in [2.24, 2.45) is 0 Å². The second-order valence-corrected chi connectivity index (χ2v) is 8.76. The van der Waals surface area contributed by atoms with Gasteiger partial charge in [-0.15, -0.1) is 23.1 Å². The molecule has 8 nitrogen and oxygen atoms in total. The van der Waals surface area contributed by atoms with Crippen LogP contribution in [0.25, 0.3) is 0 Å². The van der Waals surface area contributed by atoms with Gasteiger partial charge in [-0.2, -0.15) is 0 Å². The van der Waals surface area contributed by atoms with Crippen LogP contribution in [0.15, 0.2) is 46.7 Å². The van der Waals surface area contributed by atoms with Crippen LogP contribution in [0.4, 0.5) is 5.69 Å². The fourth-order valence-corrected chi connectivity index (χ4v) is 4.60. The van der Waals surface area contributed by atoms with Gasteiger partial charge in [0.1, 0.15) is 0 Å². The number of methoxy groups -OCH3 is 3. The molecule has 0 atom stereocenters. The highest BCUT2D eigenvalue weighted by molar-refractivity contribution is 7.98. The Morgan fingerprint density at radius 3 is 2.36 bits per heavy atom. The quantitative estimate of drug-likeness (QED) is 0.328. The Morgan fingerprint density at radius 1 is 1.06 bits per heavy atom. The number of thiazole rings is 1. The van der Waals surface area contributed by atoms with Gasteiger partial charge in [-0.3, -0.25) is 4.79 Å². The Bertz CT molecular complexity index is 1110. The molecular formula is C23H24N2O6S2. The molecule has 0 fully saturated rings. The van der Waals surface area contributed by atoms with Gasteiger partial charge in [0.15, 0.2) is 18.1 Å². The van der Waals surface area contributed by atoms with Crippen LogP contribution >= 0.6 is 23.1 Å². The Kier molecular flexibility index (Phi) is 8.56. The average Bonchev–Trinajstić information content (AvgIpc) is 3.25. The van der Waals surface area contributed by atoms with Gasteiger partial charge in [0.25, 0.3) is 5.91 Å². The SMILES string of the molecule is COc1cc(NC(=O)COC(=O)c2ccccc2SCc2csc(C)n2)cc(OC)c1OC. The normalized spacial score (nSPS) is 10.4. The summed E-state index contributed by atoms with van der Waals surface area (Å²) < 4.78 is 21.1. The van der Waals surface area contributed by atoms with Crippen LogP contribution < -0.4 is 19.5 Å². The Balaban J connectivity index is 1.61. The summed E-state index contributed by atoms with van der Waals surface area (Å²) in [6.45, 7) is 1.51. The average molecular weight is 489 g/mol. The Hall–Kier alpha value is -3.24. The van der Waals surface area contributed by atoms with Gasteiger partial charge < -0.3 is 24.3 Å². The van der Waals surface area contributed by atoms with Crippen LogP contribution in [-0.2, 0) is 15.3 Å². The molecule has 0 bridgehead atoms. The zero-order valence-electron chi connectivity index (χ0n) is 18.7. The minimum Gasteiger partial charge on any atom is -0.493 e. The van der Waals surface area contributed by atoms with E-state index in [0.717, 1.165) is 15.6 Å². The number of esters is 1. The lowest BCUT2D eigenvalue weighted by molar-refractivity contribution is -0.119. The summed E-state index contributed by atoms with van der Waals surface area (Å²) in [5.74, 6) is 0.756. The predicted molar refractivity (Wildman–Crippen MR) is 128 cm³/mol. The van der Waals surface area contributed by atoms with Crippen LogP contribution in [0.5, 0.6) is 17.2 Å². The third-order valence-corrected chi connectivity index (χ3v) is 6.36. The molecule has 0 saturated heterocycles. The summed E-state index contributed by atoms with van der Waals surface area (Å²) in [4.78, 5) is 30.2. The van der Waals surface area contributed by atoms with E-state index in [4.69, 9.17) is 18.9 Å². The minimum absolute atomic E-state index is 0.394. The summed E-state index contributed by atoms with van der Waals surface area (Å²) in [6, 6.07) is 10.3. The number of carbonyl (C=O) groups excluding carboxylic acids is 2. The van der Waals surface area contributed by atoms with Crippen LogP contribution in [0.1, 0.15) is 21.1 Å². The van der Waals surface area contributed by atoms with E-state index in [1.807, 2.05) is 24.4 Å². The second-order valence-electron chi connectivity index (χ2n) is 6.68. The maximum absolute atomic E-state index is 12.6. The third kappa shape index (κ3) is 6.39. The van der Waals surface area contributed by atoms with E-state index in [0.29, 0.717) is 34.3 Å². The van der Waals surface area contributed by atoms with Crippen molar-refractivity contribution in [3.8, 4) is 17.2 Å². The summed E-state index contributed by atoms with van der Waals surface area (Å²) in [7, 11) is 4.46. The molecule has 3 aromatic rings. The maximum atomic E-state index is 12.6. The number of amides is 1. The van der Waals surface area contributed by atoms with Gasteiger partial charge in [-0.1, -0.05) is 12.1 Å². The van der Waals surface area contributed by atoms with E-state index in [2.05, 4.69) is 10.3 Å². The van der Waals surface area contributed by atoms with Gasteiger partial charge in [0.2, 0.25) is 5.75 Å². The summed E-state index contributed by atoms with van der Waals surface area (Å²) in [6.07, 6.45) is 0. The van der Waals surface area contributed by atoms with Crippen LogP contribution in [0.3, 0.4) is 0 Å². The molecule has 0 aliphatic rings. The van der Waals surface area contributed by atoms with Gasteiger partial charge in [-0.25, -0.2) is 9.78 Å². The van der Waals surface area contributed by atoms with E-state index in [9.17, 15) is 9.59 Å². The van der Waals surface area contributed by atoms with Gasteiger partial charge in [0.05, 0.1) is 37.6 Å². The van der Waals surface area contributed by atoms with Crippen molar-refractivity contribution < 1.29 is 28.5 Å². The second kappa shape index (κ2) is 11.6. The Labute approximate surface area is 200 Å². The molecule has 0 unspecified atom stereocenters. The van der Waals surface area contributed by atoms with E-state index in [-0.39, 0.29) is 0 Å². The lowest BCUT2D eigenvalue weighted by Crippen LogP contribution is -2.21. The number of benzene rings is 2. The number of hydrogen-bond donors (Lipinski definition) is 1. The van der Waals surface area contributed by atoms with Crippen LogP contribution in [0, 0.1) is 6.92 Å². The largest absolute Gasteiger partial charge is 0.493 e. The molecule has 1 amide bonds. The Morgan fingerprint density at radius 2 is 1.76 bits per heavy atom. The van der Waals surface area contributed by atoms with Crippen LogP contribution in [0.2, 0.25) is 0 Å². The maximum Gasteiger partial charge on any atom is 0.339 e. The molecule has 3 rings (SSSR count). The van der Waals surface area contributed by atoms with Gasteiger partial charge in [-0.05, 0) is 19.1 Å². The topological polar surface area (TPSA) is 96.0 Å². The van der Waals surface area contributed by atoms with Crippen molar-refractivity contribution in [1.82, 2.24) is 4.98 Å². The smallest absolute Gasteiger partial charge is 0.339 e. The number of carbonyl (C=O) groups is 2. The minimum atomic E-state index is -0.576. The number of nitrogens with one attached hydrogen (secondary N) is 1. The van der Waals surface area contributed by atoms with Crippen molar-refractivity contribution in [3.63, 3.8) is 0 Å². The number of aryl methyl sites for hydroxylation is 1. The molecule has 0 aliphatic carbocycles. The number of hydrogen-bond acceptors (Lipinski definition) is 9. The molecule has 0 radical (unpaired) electrons. The fraction of sp³-hybridized carbons (Fsp3) is 0.261. The molecule has 0 aliphatic heterocycles. The number of thioether (sulfide) groups is 1. The monoisotopic (exact) mass is 488 g/mol. The lowest BCUT2D eigenvalue weighted by Gasteiger charge is -2.14.